The molecule has 0 bridgehead atoms. The summed E-state index contributed by atoms with van der Waals surface area (Å²) in [5.74, 6) is 1.61. The van der Waals surface area contributed by atoms with Crippen LogP contribution in [0.2, 0.25) is 0 Å². The minimum atomic E-state index is -0.253. The molecule has 0 saturated carbocycles. The van der Waals surface area contributed by atoms with Crippen molar-refractivity contribution in [3.05, 3.63) is 58.8 Å². The van der Waals surface area contributed by atoms with E-state index in [-0.39, 0.29) is 25.7 Å². The fourth-order valence-electron chi connectivity index (χ4n) is 2.22. The van der Waals surface area contributed by atoms with Crippen LogP contribution >= 0.6 is 11.3 Å². The fraction of sp³-hybridized carbons (Fsp3) is 0.222. The SMILES string of the molecule is Cc1oc(-c2cccs2)nc1COc1cccc(C(=O)NCCO)c1. The third kappa shape index (κ3) is 4.26. The van der Waals surface area contributed by atoms with Crippen LogP contribution in [0.5, 0.6) is 5.75 Å². The van der Waals surface area contributed by atoms with Gasteiger partial charge in [-0.1, -0.05) is 12.1 Å². The molecule has 0 radical (unpaired) electrons. The third-order valence-corrected chi connectivity index (χ3v) is 4.35. The van der Waals surface area contributed by atoms with Gasteiger partial charge in [-0.05, 0) is 36.6 Å². The summed E-state index contributed by atoms with van der Waals surface area (Å²) in [6.45, 7) is 2.22. The molecule has 2 aromatic heterocycles. The van der Waals surface area contributed by atoms with Gasteiger partial charge in [-0.3, -0.25) is 4.79 Å². The lowest BCUT2D eigenvalue weighted by Gasteiger charge is -2.07. The van der Waals surface area contributed by atoms with Gasteiger partial charge in [0.15, 0.2) is 0 Å². The van der Waals surface area contributed by atoms with Crippen molar-refractivity contribution >= 4 is 17.2 Å². The number of carbonyl (C=O) groups excluding carboxylic acids is 1. The first-order valence-electron chi connectivity index (χ1n) is 7.79. The summed E-state index contributed by atoms with van der Waals surface area (Å²) in [5, 5.41) is 13.3. The minimum Gasteiger partial charge on any atom is -0.487 e. The Hall–Kier alpha value is -2.64. The standard InChI is InChI=1S/C18H18N2O4S/c1-12-15(20-18(24-12)16-6-3-9-25-16)11-23-14-5-2-4-13(10-14)17(22)19-7-8-21/h2-6,9-10,21H,7-8,11H2,1H3,(H,19,22). The smallest absolute Gasteiger partial charge is 0.251 e. The quantitative estimate of drug-likeness (QED) is 0.678. The molecule has 0 aliphatic rings. The van der Waals surface area contributed by atoms with E-state index >= 15 is 0 Å². The summed E-state index contributed by atoms with van der Waals surface area (Å²) in [7, 11) is 0. The molecule has 6 nitrogen and oxygen atoms in total. The number of hydrogen-bond acceptors (Lipinski definition) is 6. The average molecular weight is 358 g/mol. The van der Waals surface area contributed by atoms with Crippen molar-refractivity contribution in [2.24, 2.45) is 0 Å². The number of aliphatic hydroxyl groups excluding tert-OH is 1. The molecule has 0 saturated heterocycles. The molecule has 0 atom stereocenters. The summed E-state index contributed by atoms with van der Waals surface area (Å²) >= 11 is 1.56. The maximum Gasteiger partial charge on any atom is 0.251 e. The van der Waals surface area contributed by atoms with E-state index in [1.54, 1.807) is 35.6 Å². The molecule has 2 heterocycles. The minimum absolute atomic E-state index is 0.0973. The predicted molar refractivity (Wildman–Crippen MR) is 94.7 cm³/mol. The molecule has 7 heteroatoms. The Bertz CT molecular complexity index is 843. The Morgan fingerprint density at radius 3 is 3.00 bits per heavy atom. The van der Waals surface area contributed by atoms with Gasteiger partial charge in [0.25, 0.3) is 5.91 Å². The summed E-state index contributed by atoms with van der Waals surface area (Å²) in [6.07, 6.45) is 0. The number of oxazole rings is 1. The fourth-order valence-corrected chi connectivity index (χ4v) is 2.87. The highest BCUT2D eigenvalue weighted by molar-refractivity contribution is 7.13. The van der Waals surface area contributed by atoms with Crippen LogP contribution in [0.25, 0.3) is 10.8 Å². The zero-order valence-corrected chi connectivity index (χ0v) is 14.5. The number of amides is 1. The summed E-state index contributed by atoms with van der Waals surface area (Å²) in [6, 6.07) is 10.8. The van der Waals surface area contributed by atoms with Gasteiger partial charge in [-0.2, -0.15) is 0 Å². The summed E-state index contributed by atoms with van der Waals surface area (Å²) in [4.78, 5) is 17.4. The lowest BCUT2D eigenvalue weighted by Crippen LogP contribution is -2.26. The average Bonchev–Trinajstić information content (AvgIpc) is 3.28. The second kappa shape index (κ2) is 7.96. The first-order valence-corrected chi connectivity index (χ1v) is 8.67. The van der Waals surface area contributed by atoms with Gasteiger partial charge < -0.3 is 19.6 Å². The lowest BCUT2D eigenvalue weighted by atomic mass is 10.2. The van der Waals surface area contributed by atoms with Gasteiger partial charge in [0.1, 0.15) is 23.8 Å². The first-order chi connectivity index (χ1) is 12.2. The number of rotatable bonds is 7. The molecular formula is C18H18N2O4S. The molecule has 0 unspecified atom stereocenters. The van der Waals surface area contributed by atoms with Crippen molar-refractivity contribution in [1.29, 1.82) is 0 Å². The molecule has 3 rings (SSSR count). The van der Waals surface area contributed by atoms with Crippen LogP contribution in [0.15, 0.2) is 46.2 Å². The van der Waals surface area contributed by atoms with Crippen LogP contribution in [0.3, 0.4) is 0 Å². The van der Waals surface area contributed by atoms with Gasteiger partial charge in [-0.25, -0.2) is 4.98 Å². The van der Waals surface area contributed by atoms with Crippen LogP contribution in [0.1, 0.15) is 21.8 Å². The molecule has 0 aliphatic carbocycles. The lowest BCUT2D eigenvalue weighted by molar-refractivity contribution is 0.0944. The van der Waals surface area contributed by atoms with Gasteiger partial charge in [0.05, 0.1) is 11.5 Å². The topological polar surface area (TPSA) is 84.6 Å². The van der Waals surface area contributed by atoms with Gasteiger partial charge in [0, 0.05) is 12.1 Å². The molecular weight excluding hydrogens is 340 g/mol. The highest BCUT2D eigenvalue weighted by Crippen LogP contribution is 2.26. The van der Waals surface area contributed by atoms with Crippen molar-refractivity contribution in [3.8, 4) is 16.5 Å². The van der Waals surface area contributed by atoms with Crippen LogP contribution < -0.4 is 10.1 Å². The number of ether oxygens (including phenoxy) is 1. The van der Waals surface area contributed by atoms with E-state index in [1.165, 1.54) is 0 Å². The van der Waals surface area contributed by atoms with E-state index in [2.05, 4.69) is 10.3 Å². The number of benzene rings is 1. The Morgan fingerprint density at radius 2 is 2.24 bits per heavy atom. The van der Waals surface area contributed by atoms with Crippen LogP contribution in [0, 0.1) is 6.92 Å². The van der Waals surface area contributed by atoms with Crippen molar-refractivity contribution < 1.29 is 19.1 Å². The third-order valence-electron chi connectivity index (χ3n) is 3.49. The molecule has 0 fully saturated rings. The number of aromatic nitrogens is 1. The second-order valence-corrected chi connectivity index (χ2v) is 6.24. The van der Waals surface area contributed by atoms with E-state index in [0.29, 0.717) is 23.0 Å². The Morgan fingerprint density at radius 1 is 1.36 bits per heavy atom. The molecule has 3 aromatic rings. The van der Waals surface area contributed by atoms with Crippen LogP contribution in [-0.2, 0) is 6.61 Å². The normalized spacial score (nSPS) is 10.6. The highest BCUT2D eigenvalue weighted by atomic mass is 32.1. The molecule has 25 heavy (non-hydrogen) atoms. The van der Waals surface area contributed by atoms with Crippen molar-refractivity contribution in [2.75, 3.05) is 13.2 Å². The maximum absolute atomic E-state index is 11.9. The zero-order chi connectivity index (χ0) is 17.6. The Kier molecular flexibility index (Phi) is 5.47. The van der Waals surface area contributed by atoms with E-state index in [9.17, 15) is 4.79 Å². The molecule has 130 valence electrons. The first kappa shape index (κ1) is 17.2. The number of nitrogens with zero attached hydrogens (tertiary/aromatic N) is 1. The van der Waals surface area contributed by atoms with Gasteiger partial charge >= 0.3 is 0 Å². The number of hydrogen-bond donors (Lipinski definition) is 2. The zero-order valence-electron chi connectivity index (χ0n) is 13.7. The largest absolute Gasteiger partial charge is 0.487 e. The maximum atomic E-state index is 11.9. The second-order valence-electron chi connectivity index (χ2n) is 5.30. The number of thiophene rings is 1. The van der Waals surface area contributed by atoms with E-state index in [1.807, 2.05) is 24.4 Å². The van der Waals surface area contributed by atoms with E-state index in [0.717, 1.165) is 10.6 Å². The Labute approximate surface area is 149 Å². The molecule has 1 aromatic carbocycles. The molecule has 1 amide bonds. The van der Waals surface area contributed by atoms with Crippen molar-refractivity contribution in [1.82, 2.24) is 10.3 Å². The summed E-state index contributed by atoms with van der Waals surface area (Å²) in [5.41, 5.74) is 1.20. The number of aliphatic hydroxyl groups is 1. The summed E-state index contributed by atoms with van der Waals surface area (Å²) < 4.78 is 11.4. The highest BCUT2D eigenvalue weighted by Gasteiger charge is 2.13. The van der Waals surface area contributed by atoms with Gasteiger partial charge in [-0.15, -0.1) is 11.3 Å². The van der Waals surface area contributed by atoms with Gasteiger partial charge in [0.2, 0.25) is 5.89 Å². The van der Waals surface area contributed by atoms with E-state index < -0.39 is 0 Å². The Balaban J connectivity index is 1.67. The molecule has 0 spiro atoms. The molecule has 2 N–H and O–H groups in total. The van der Waals surface area contributed by atoms with E-state index in [4.69, 9.17) is 14.3 Å². The monoisotopic (exact) mass is 358 g/mol. The molecule has 0 aliphatic heterocycles. The van der Waals surface area contributed by atoms with Crippen molar-refractivity contribution in [3.63, 3.8) is 0 Å². The van der Waals surface area contributed by atoms with Crippen LogP contribution in [0.4, 0.5) is 0 Å². The number of aryl methyl sites for hydroxylation is 1. The predicted octanol–water partition coefficient (Wildman–Crippen LogP) is 3.01. The number of nitrogens with one attached hydrogen (secondary N) is 1. The van der Waals surface area contributed by atoms with Crippen molar-refractivity contribution in [2.45, 2.75) is 13.5 Å². The number of carbonyl (C=O) groups is 1. The van der Waals surface area contributed by atoms with Crippen LogP contribution in [-0.4, -0.2) is 29.1 Å².